The molecule has 0 spiro atoms. The second kappa shape index (κ2) is 17.0. The number of nitrogens with zero attached hydrogens (tertiary/aromatic N) is 1. The number of hydrogen-bond donors (Lipinski definition) is 2. The Morgan fingerprint density at radius 3 is 2.11 bits per heavy atom. The predicted molar refractivity (Wildman–Crippen MR) is 164 cm³/mol. The third-order valence-electron chi connectivity index (χ3n) is 8.32. The average Bonchev–Trinajstić information content (AvgIpc) is 3.16. The SMILES string of the molecule is O=S(=O)(CCCN(CCO)CCCCCCC1=C(c2ccc(F)cc2)CCCc2c1ccc(O)c2F)CCCC(F)(F)C(F)(F)F. The fourth-order valence-corrected chi connectivity index (χ4v) is 7.24. The number of rotatable bonds is 18. The summed E-state index contributed by atoms with van der Waals surface area (Å²) in [7, 11) is -3.81. The van der Waals surface area contributed by atoms with E-state index in [0.717, 1.165) is 48.0 Å². The van der Waals surface area contributed by atoms with Crippen LogP contribution >= 0.6 is 0 Å². The molecule has 0 heterocycles. The van der Waals surface area contributed by atoms with Crippen LogP contribution in [-0.4, -0.2) is 73.4 Å². The van der Waals surface area contributed by atoms with Crippen molar-refractivity contribution in [3.05, 3.63) is 64.7 Å². The largest absolute Gasteiger partial charge is 0.505 e. The van der Waals surface area contributed by atoms with Gasteiger partial charge in [-0.2, -0.15) is 22.0 Å². The molecule has 1 aliphatic carbocycles. The molecule has 0 atom stereocenters. The lowest BCUT2D eigenvalue weighted by Crippen LogP contribution is -2.36. The van der Waals surface area contributed by atoms with Crippen LogP contribution in [0.4, 0.5) is 30.7 Å². The molecule has 5 nitrogen and oxygen atoms in total. The number of unbranched alkanes of at least 4 members (excludes halogenated alkanes) is 3. The highest BCUT2D eigenvalue weighted by Gasteiger charge is 2.56. The number of allylic oxidation sites excluding steroid dienone is 2. The van der Waals surface area contributed by atoms with Gasteiger partial charge in [-0.05, 0) is 110 Å². The Balaban J connectivity index is 1.51. The molecule has 2 N–H and O–H groups in total. The van der Waals surface area contributed by atoms with E-state index in [1.54, 1.807) is 18.2 Å². The lowest BCUT2D eigenvalue weighted by Gasteiger charge is -2.21. The van der Waals surface area contributed by atoms with Crippen molar-refractivity contribution in [3.63, 3.8) is 0 Å². The Bertz CT molecular complexity index is 1410. The van der Waals surface area contributed by atoms with E-state index in [1.165, 1.54) is 18.2 Å². The molecule has 0 aromatic heterocycles. The van der Waals surface area contributed by atoms with Gasteiger partial charge in [0.1, 0.15) is 15.7 Å². The minimum atomic E-state index is -5.71. The lowest BCUT2D eigenvalue weighted by atomic mass is 9.89. The molecule has 0 amide bonds. The minimum Gasteiger partial charge on any atom is -0.505 e. The second-order valence-electron chi connectivity index (χ2n) is 11.8. The quantitative estimate of drug-likeness (QED) is 0.123. The minimum absolute atomic E-state index is 0.148. The zero-order valence-corrected chi connectivity index (χ0v) is 26.5. The van der Waals surface area contributed by atoms with Gasteiger partial charge in [0.05, 0.1) is 18.1 Å². The van der Waals surface area contributed by atoms with Crippen LogP contribution in [0.2, 0.25) is 0 Å². The number of phenolic OH excluding ortho intramolecular Hbond substituents is 1. The molecule has 0 saturated carbocycles. The first-order valence-electron chi connectivity index (χ1n) is 15.6. The van der Waals surface area contributed by atoms with Crippen molar-refractivity contribution in [2.75, 3.05) is 37.7 Å². The van der Waals surface area contributed by atoms with Gasteiger partial charge >= 0.3 is 12.1 Å². The third-order valence-corrected chi connectivity index (χ3v) is 10.1. The molecule has 0 saturated heterocycles. The van der Waals surface area contributed by atoms with Crippen molar-refractivity contribution in [2.24, 2.45) is 0 Å². The Kier molecular flexibility index (Phi) is 13.9. The summed E-state index contributed by atoms with van der Waals surface area (Å²) in [5.41, 5.74) is 4.11. The van der Waals surface area contributed by atoms with Crippen LogP contribution < -0.4 is 0 Å². The first-order valence-corrected chi connectivity index (χ1v) is 17.4. The summed E-state index contributed by atoms with van der Waals surface area (Å²) in [6.45, 7) is 1.06. The van der Waals surface area contributed by atoms with E-state index in [1.807, 2.05) is 4.90 Å². The summed E-state index contributed by atoms with van der Waals surface area (Å²) in [5, 5.41) is 19.4. The van der Waals surface area contributed by atoms with Gasteiger partial charge in [0.2, 0.25) is 0 Å². The van der Waals surface area contributed by atoms with E-state index in [9.17, 15) is 49.4 Å². The standard InChI is InChI=1S/C33H42F7NO4S/c34-25-13-11-24(12-14-25)26-9-5-10-29-28(15-16-30(43)31(29)35)27(26)8-3-1-2-4-18-41(20-21-42)19-7-23-46(44,45)22-6-17-32(36,37)33(38,39)40/h11-16,42-43H,1-10,17-23H2. The number of benzene rings is 2. The number of aromatic hydroxyl groups is 1. The van der Waals surface area contributed by atoms with Crippen LogP contribution in [0.25, 0.3) is 11.1 Å². The smallest absolute Gasteiger partial charge is 0.453 e. The van der Waals surface area contributed by atoms with Crippen LogP contribution in [0.5, 0.6) is 5.75 Å². The molecule has 13 heteroatoms. The molecule has 0 aliphatic heterocycles. The molecule has 2 aromatic carbocycles. The maximum atomic E-state index is 14.9. The molecule has 258 valence electrons. The number of sulfone groups is 1. The van der Waals surface area contributed by atoms with Gasteiger partial charge in [0, 0.05) is 13.0 Å². The Morgan fingerprint density at radius 1 is 0.783 bits per heavy atom. The number of aliphatic hydroxyl groups excluding tert-OH is 1. The molecule has 0 bridgehead atoms. The maximum Gasteiger partial charge on any atom is 0.453 e. The maximum absolute atomic E-state index is 14.9. The lowest BCUT2D eigenvalue weighted by molar-refractivity contribution is -0.284. The van der Waals surface area contributed by atoms with Gasteiger partial charge in [0.25, 0.3) is 0 Å². The fourth-order valence-electron chi connectivity index (χ4n) is 5.88. The molecular weight excluding hydrogens is 639 g/mol. The number of fused-ring (bicyclic) bond motifs is 1. The first kappa shape index (κ1) is 37.8. The van der Waals surface area contributed by atoms with Crippen molar-refractivity contribution >= 4 is 21.0 Å². The van der Waals surface area contributed by atoms with Crippen LogP contribution in [-0.2, 0) is 16.3 Å². The zero-order valence-electron chi connectivity index (χ0n) is 25.7. The van der Waals surface area contributed by atoms with Crippen LogP contribution in [0.3, 0.4) is 0 Å². The van der Waals surface area contributed by atoms with Gasteiger partial charge in [0.15, 0.2) is 11.6 Å². The number of alkyl halides is 5. The summed E-state index contributed by atoms with van der Waals surface area (Å²) in [6, 6.07) is 9.34. The van der Waals surface area contributed by atoms with Crippen molar-refractivity contribution in [1.29, 1.82) is 0 Å². The fraction of sp³-hybridized carbons (Fsp3) is 0.576. The van der Waals surface area contributed by atoms with Crippen LogP contribution in [0.15, 0.2) is 36.4 Å². The highest BCUT2D eigenvalue weighted by molar-refractivity contribution is 7.91. The van der Waals surface area contributed by atoms with Crippen molar-refractivity contribution in [1.82, 2.24) is 4.90 Å². The van der Waals surface area contributed by atoms with Gasteiger partial charge in [-0.25, -0.2) is 17.2 Å². The molecular formula is C33H42F7NO4S. The van der Waals surface area contributed by atoms with E-state index < -0.39 is 46.3 Å². The summed E-state index contributed by atoms with van der Waals surface area (Å²) < 4.78 is 116. The highest BCUT2D eigenvalue weighted by Crippen LogP contribution is 2.41. The Hall–Kier alpha value is -2.64. The molecule has 0 unspecified atom stereocenters. The van der Waals surface area contributed by atoms with Gasteiger partial charge in [-0.3, -0.25) is 0 Å². The third kappa shape index (κ3) is 11.0. The molecule has 46 heavy (non-hydrogen) atoms. The van der Waals surface area contributed by atoms with Gasteiger partial charge in [-0.15, -0.1) is 0 Å². The first-order chi connectivity index (χ1) is 21.6. The summed E-state index contributed by atoms with van der Waals surface area (Å²) >= 11 is 0. The zero-order chi connectivity index (χ0) is 34.0. The van der Waals surface area contributed by atoms with Crippen molar-refractivity contribution < 1.29 is 49.4 Å². The van der Waals surface area contributed by atoms with Crippen LogP contribution in [0, 0.1) is 11.6 Å². The van der Waals surface area contributed by atoms with Crippen molar-refractivity contribution in [3.8, 4) is 5.75 Å². The van der Waals surface area contributed by atoms with E-state index in [-0.39, 0.29) is 30.3 Å². The monoisotopic (exact) mass is 681 g/mol. The normalized spacial score (nSPS) is 14.5. The topological polar surface area (TPSA) is 77.8 Å². The van der Waals surface area contributed by atoms with Crippen molar-refractivity contribution in [2.45, 2.75) is 82.7 Å². The predicted octanol–water partition coefficient (Wildman–Crippen LogP) is 7.95. The molecule has 2 aromatic rings. The molecule has 1 aliphatic rings. The van der Waals surface area contributed by atoms with Crippen LogP contribution in [0.1, 0.15) is 80.9 Å². The van der Waals surface area contributed by atoms with E-state index in [2.05, 4.69) is 0 Å². The summed E-state index contributed by atoms with van der Waals surface area (Å²) in [4.78, 5) is 1.89. The molecule has 0 fully saturated rings. The summed E-state index contributed by atoms with van der Waals surface area (Å²) in [5.74, 6) is -7.38. The summed E-state index contributed by atoms with van der Waals surface area (Å²) in [6.07, 6.45) is -2.25. The molecule has 3 rings (SSSR count). The van der Waals surface area contributed by atoms with E-state index in [0.29, 0.717) is 50.9 Å². The number of aliphatic hydroxyl groups is 1. The number of halogens is 7. The molecule has 0 radical (unpaired) electrons. The second-order valence-corrected chi connectivity index (χ2v) is 14.1. The Morgan fingerprint density at radius 2 is 1.43 bits per heavy atom. The van der Waals surface area contributed by atoms with E-state index in [4.69, 9.17) is 0 Å². The highest BCUT2D eigenvalue weighted by atomic mass is 32.2. The van der Waals surface area contributed by atoms with Gasteiger partial charge < -0.3 is 15.1 Å². The number of hydrogen-bond acceptors (Lipinski definition) is 5. The number of phenols is 1. The van der Waals surface area contributed by atoms with Gasteiger partial charge in [-0.1, -0.05) is 31.0 Å². The van der Waals surface area contributed by atoms with E-state index >= 15 is 0 Å². The average molecular weight is 682 g/mol. The Labute approximate surface area is 266 Å².